The molecule has 2 N–H and O–H groups in total. The zero-order valence-electron chi connectivity index (χ0n) is 6.89. The highest BCUT2D eigenvalue weighted by Crippen LogP contribution is 2.17. The fourth-order valence-electron chi connectivity index (χ4n) is 0.951. The van der Waals surface area contributed by atoms with Crippen molar-refractivity contribution in [2.45, 2.75) is 26.7 Å². The van der Waals surface area contributed by atoms with E-state index < -0.39 is 0 Å². The topological polar surface area (TPSA) is 39.2 Å². The molecule has 0 amide bonds. The van der Waals surface area contributed by atoms with Gasteiger partial charge in [0.25, 0.3) is 0 Å². The van der Waals surface area contributed by atoms with E-state index in [0.29, 0.717) is 0 Å². The number of halogens is 1. The van der Waals surface area contributed by atoms with Gasteiger partial charge in [-0.25, -0.2) is 0 Å². The first-order valence-corrected chi connectivity index (χ1v) is 3.65. The van der Waals surface area contributed by atoms with Crippen LogP contribution in [0.2, 0.25) is 0 Å². The van der Waals surface area contributed by atoms with Crippen molar-refractivity contribution in [3.05, 3.63) is 17.6 Å². The summed E-state index contributed by atoms with van der Waals surface area (Å²) in [5.41, 5.74) is 6.42. The molecule has 0 radical (unpaired) electrons. The lowest BCUT2D eigenvalue weighted by molar-refractivity contribution is 0.475. The van der Waals surface area contributed by atoms with Gasteiger partial charge in [-0.05, 0) is 0 Å². The maximum atomic E-state index is 5.63. The minimum absolute atomic E-state index is 0. The summed E-state index contributed by atoms with van der Waals surface area (Å²) in [7, 11) is 0. The molecule has 0 aromatic carbocycles. The molecule has 2 nitrogen and oxygen atoms in total. The fourth-order valence-corrected chi connectivity index (χ4v) is 0.951. The monoisotopic (exact) mass is 175 g/mol. The zero-order valence-corrected chi connectivity index (χ0v) is 7.70. The van der Waals surface area contributed by atoms with E-state index >= 15 is 0 Å². The van der Waals surface area contributed by atoms with Gasteiger partial charge in [0, 0.05) is 18.9 Å². The molecule has 64 valence electrons. The van der Waals surface area contributed by atoms with Crippen LogP contribution in [-0.4, -0.2) is 0 Å². The van der Waals surface area contributed by atoms with Crippen LogP contribution in [0, 0.1) is 0 Å². The Bertz CT molecular complexity index is 220. The highest BCUT2D eigenvalue weighted by atomic mass is 35.5. The third-order valence-electron chi connectivity index (χ3n) is 1.56. The molecule has 1 aromatic heterocycles. The third-order valence-corrected chi connectivity index (χ3v) is 1.56. The van der Waals surface area contributed by atoms with E-state index in [9.17, 15) is 0 Å². The second-order valence-electron chi connectivity index (χ2n) is 2.30. The van der Waals surface area contributed by atoms with Gasteiger partial charge in [-0.15, -0.1) is 12.4 Å². The summed E-state index contributed by atoms with van der Waals surface area (Å²) in [6, 6.07) is 1.90. The van der Waals surface area contributed by atoms with Crippen LogP contribution in [0.15, 0.2) is 10.5 Å². The standard InChI is InChI=1S/C8H13NO.ClH/c1-3-6-5-7(9)8(4-2)10-6;/h5H,3-4,9H2,1-2H3;1H. The fraction of sp³-hybridized carbons (Fsp3) is 0.500. The molecule has 0 bridgehead atoms. The van der Waals surface area contributed by atoms with Gasteiger partial charge in [0.1, 0.15) is 11.5 Å². The normalized spacial score (nSPS) is 9.27. The lowest BCUT2D eigenvalue weighted by atomic mass is 10.3. The van der Waals surface area contributed by atoms with Crippen LogP contribution in [0.25, 0.3) is 0 Å². The van der Waals surface area contributed by atoms with Gasteiger partial charge in [-0.3, -0.25) is 0 Å². The predicted octanol–water partition coefficient (Wildman–Crippen LogP) is 2.41. The second kappa shape index (κ2) is 4.29. The molecule has 0 saturated carbocycles. The molecule has 0 unspecified atom stereocenters. The van der Waals surface area contributed by atoms with Crippen LogP contribution >= 0.6 is 12.4 Å². The Morgan fingerprint density at radius 2 is 2.00 bits per heavy atom. The number of nitrogens with two attached hydrogens (primary N) is 1. The van der Waals surface area contributed by atoms with E-state index in [2.05, 4.69) is 6.92 Å². The van der Waals surface area contributed by atoms with Crippen LogP contribution in [0.5, 0.6) is 0 Å². The van der Waals surface area contributed by atoms with Gasteiger partial charge in [-0.2, -0.15) is 0 Å². The Hall–Kier alpha value is -0.630. The average Bonchev–Trinajstić information content (AvgIpc) is 2.30. The molecule has 1 rings (SSSR count). The summed E-state index contributed by atoms with van der Waals surface area (Å²) in [5.74, 6) is 1.89. The predicted molar refractivity (Wildman–Crippen MR) is 49.1 cm³/mol. The highest BCUT2D eigenvalue weighted by molar-refractivity contribution is 5.85. The van der Waals surface area contributed by atoms with Crippen molar-refractivity contribution in [3.8, 4) is 0 Å². The van der Waals surface area contributed by atoms with E-state index in [1.165, 1.54) is 0 Å². The van der Waals surface area contributed by atoms with Gasteiger partial charge >= 0.3 is 0 Å². The first kappa shape index (κ1) is 10.4. The Morgan fingerprint density at radius 1 is 1.36 bits per heavy atom. The number of nitrogen functional groups attached to an aromatic ring is 1. The molecular weight excluding hydrogens is 162 g/mol. The lowest BCUT2D eigenvalue weighted by Gasteiger charge is -1.89. The zero-order chi connectivity index (χ0) is 7.56. The minimum atomic E-state index is 0. The number of furan rings is 1. The first-order chi connectivity index (χ1) is 4.77. The Kier molecular flexibility index (Phi) is 4.04. The average molecular weight is 176 g/mol. The first-order valence-electron chi connectivity index (χ1n) is 3.65. The summed E-state index contributed by atoms with van der Waals surface area (Å²) in [5, 5.41) is 0. The van der Waals surface area contributed by atoms with E-state index in [0.717, 1.165) is 30.0 Å². The number of hydrogen-bond donors (Lipinski definition) is 1. The van der Waals surface area contributed by atoms with E-state index in [1.807, 2.05) is 13.0 Å². The quantitative estimate of drug-likeness (QED) is 0.750. The van der Waals surface area contributed by atoms with Crippen molar-refractivity contribution in [1.29, 1.82) is 0 Å². The summed E-state index contributed by atoms with van der Waals surface area (Å²) < 4.78 is 5.39. The molecule has 0 fully saturated rings. The molecular formula is C8H14ClNO. The van der Waals surface area contributed by atoms with Gasteiger partial charge in [-0.1, -0.05) is 13.8 Å². The number of aryl methyl sites for hydroxylation is 2. The van der Waals surface area contributed by atoms with Crippen molar-refractivity contribution in [2.75, 3.05) is 5.73 Å². The van der Waals surface area contributed by atoms with Crippen molar-refractivity contribution < 1.29 is 4.42 Å². The molecule has 1 heterocycles. The molecule has 3 heteroatoms. The number of anilines is 1. The molecule has 0 aliphatic rings. The molecule has 1 aromatic rings. The molecule has 0 aliphatic carbocycles. The molecule has 0 saturated heterocycles. The Balaban J connectivity index is 0.000001000. The maximum Gasteiger partial charge on any atom is 0.126 e. The number of hydrogen-bond acceptors (Lipinski definition) is 2. The van der Waals surface area contributed by atoms with Crippen molar-refractivity contribution in [1.82, 2.24) is 0 Å². The molecule has 0 atom stereocenters. The largest absolute Gasteiger partial charge is 0.464 e. The van der Waals surface area contributed by atoms with Gasteiger partial charge in [0.2, 0.25) is 0 Å². The van der Waals surface area contributed by atoms with Gasteiger partial charge < -0.3 is 10.2 Å². The van der Waals surface area contributed by atoms with Crippen LogP contribution in [-0.2, 0) is 12.8 Å². The molecule has 0 aliphatic heterocycles. The van der Waals surface area contributed by atoms with Crippen LogP contribution < -0.4 is 5.73 Å². The highest BCUT2D eigenvalue weighted by Gasteiger charge is 2.03. The number of rotatable bonds is 2. The van der Waals surface area contributed by atoms with Crippen molar-refractivity contribution >= 4 is 18.1 Å². The van der Waals surface area contributed by atoms with E-state index in [-0.39, 0.29) is 12.4 Å². The molecule has 0 spiro atoms. The van der Waals surface area contributed by atoms with Gasteiger partial charge in [0.05, 0.1) is 5.69 Å². The summed E-state index contributed by atoms with van der Waals surface area (Å²) >= 11 is 0. The minimum Gasteiger partial charge on any atom is -0.464 e. The van der Waals surface area contributed by atoms with Gasteiger partial charge in [0.15, 0.2) is 0 Å². The Morgan fingerprint density at radius 3 is 2.27 bits per heavy atom. The summed E-state index contributed by atoms with van der Waals surface area (Å²) in [4.78, 5) is 0. The van der Waals surface area contributed by atoms with Crippen LogP contribution in [0.1, 0.15) is 25.4 Å². The Labute approximate surface area is 73.2 Å². The van der Waals surface area contributed by atoms with Crippen LogP contribution in [0.4, 0.5) is 5.69 Å². The van der Waals surface area contributed by atoms with Crippen molar-refractivity contribution in [2.24, 2.45) is 0 Å². The van der Waals surface area contributed by atoms with E-state index in [4.69, 9.17) is 10.2 Å². The van der Waals surface area contributed by atoms with Crippen molar-refractivity contribution in [3.63, 3.8) is 0 Å². The smallest absolute Gasteiger partial charge is 0.126 e. The lowest BCUT2D eigenvalue weighted by Crippen LogP contribution is -1.85. The summed E-state index contributed by atoms with van der Waals surface area (Å²) in [6.45, 7) is 4.09. The summed E-state index contributed by atoms with van der Waals surface area (Å²) in [6.07, 6.45) is 1.80. The maximum absolute atomic E-state index is 5.63. The third kappa shape index (κ3) is 2.15. The SMILES string of the molecule is CCc1cc(N)c(CC)o1.Cl. The second-order valence-corrected chi connectivity index (χ2v) is 2.30. The molecule has 11 heavy (non-hydrogen) atoms. The van der Waals surface area contributed by atoms with Crippen LogP contribution in [0.3, 0.4) is 0 Å². The van der Waals surface area contributed by atoms with E-state index in [1.54, 1.807) is 0 Å².